The summed E-state index contributed by atoms with van der Waals surface area (Å²) in [5.41, 5.74) is 0.193. The van der Waals surface area contributed by atoms with Gasteiger partial charge in [0.25, 0.3) is 0 Å². The van der Waals surface area contributed by atoms with Crippen molar-refractivity contribution in [2.75, 3.05) is 40.6 Å². The number of aliphatic hydroxyl groups is 1. The molecule has 0 heterocycles. The number of methoxy groups -OCH3 is 2. The van der Waals surface area contributed by atoms with E-state index >= 15 is 0 Å². The Hall–Kier alpha value is -3.78. The van der Waals surface area contributed by atoms with E-state index in [-0.39, 0.29) is 55.5 Å². The lowest BCUT2D eigenvalue weighted by Gasteiger charge is -2.58. The molecule has 326 valence electrons. The minimum absolute atomic E-state index is 0.00634. The van der Waals surface area contributed by atoms with Crippen LogP contribution in [0.3, 0.4) is 0 Å². The molecule has 0 bridgehead atoms. The van der Waals surface area contributed by atoms with Crippen molar-refractivity contribution in [3.05, 3.63) is 24.3 Å². The third kappa shape index (κ3) is 9.32. The van der Waals surface area contributed by atoms with Gasteiger partial charge in [-0.2, -0.15) is 0 Å². The van der Waals surface area contributed by atoms with Crippen molar-refractivity contribution in [1.29, 1.82) is 0 Å². The van der Waals surface area contributed by atoms with Gasteiger partial charge in [-0.05, 0) is 74.0 Å². The summed E-state index contributed by atoms with van der Waals surface area (Å²) in [6.45, 7) is 18.3. The van der Waals surface area contributed by atoms with E-state index in [2.05, 4.69) is 38.7 Å². The smallest absolute Gasteiger partial charge is 0.336 e. The molecular formula is C44H66O14. The minimum Gasteiger partial charge on any atom is -0.481 e. The fraction of sp³-hybridized carbons (Fsp3) is 0.773. The van der Waals surface area contributed by atoms with E-state index in [4.69, 9.17) is 18.9 Å². The predicted octanol–water partition coefficient (Wildman–Crippen LogP) is 5.78. The van der Waals surface area contributed by atoms with Crippen LogP contribution >= 0.6 is 0 Å². The Morgan fingerprint density at radius 1 is 0.724 bits per heavy atom. The maximum absolute atomic E-state index is 14.2. The quantitative estimate of drug-likeness (QED) is 0.0688. The first-order valence-electron chi connectivity index (χ1n) is 20.7. The Morgan fingerprint density at radius 2 is 1.21 bits per heavy atom. The van der Waals surface area contributed by atoms with Crippen molar-refractivity contribution in [2.45, 2.75) is 111 Å². The summed E-state index contributed by atoms with van der Waals surface area (Å²) in [5, 5.41) is 29.8. The number of rotatable bonds is 17. The van der Waals surface area contributed by atoms with Crippen LogP contribution in [-0.4, -0.2) is 97.9 Å². The van der Waals surface area contributed by atoms with Gasteiger partial charge in [0.1, 0.15) is 5.92 Å². The van der Waals surface area contributed by atoms with Crippen molar-refractivity contribution in [1.82, 2.24) is 0 Å². The molecule has 0 aromatic carbocycles. The van der Waals surface area contributed by atoms with Crippen LogP contribution in [0.15, 0.2) is 24.3 Å². The maximum Gasteiger partial charge on any atom is 0.336 e. The fourth-order valence-corrected chi connectivity index (χ4v) is 11.8. The molecule has 0 aliphatic heterocycles. The van der Waals surface area contributed by atoms with Crippen LogP contribution in [0.1, 0.15) is 105 Å². The number of esters is 4. The molecule has 4 aliphatic rings. The Labute approximate surface area is 342 Å². The number of aliphatic carboxylic acids is 2. The van der Waals surface area contributed by atoms with Gasteiger partial charge in [0.15, 0.2) is 12.0 Å². The van der Waals surface area contributed by atoms with E-state index in [1.807, 2.05) is 6.92 Å². The lowest BCUT2D eigenvalue weighted by atomic mass is 9.47. The average Bonchev–Trinajstić information content (AvgIpc) is 3.15. The number of hydrogen-bond acceptors (Lipinski definition) is 12. The first-order chi connectivity index (χ1) is 27.1. The molecule has 4 fully saturated rings. The van der Waals surface area contributed by atoms with Gasteiger partial charge < -0.3 is 39.0 Å². The molecule has 0 aromatic heterocycles. The fourth-order valence-electron chi connectivity index (χ4n) is 11.8. The third-order valence-electron chi connectivity index (χ3n) is 15.1. The molecule has 58 heavy (non-hydrogen) atoms. The summed E-state index contributed by atoms with van der Waals surface area (Å²) in [5.74, 6) is -11.3. The third-order valence-corrected chi connectivity index (χ3v) is 15.1. The molecule has 4 saturated carbocycles. The average molecular weight is 819 g/mol. The first-order valence-corrected chi connectivity index (χ1v) is 20.7. The Balaban J connectivity index is 1.56. The molecule has 0 amide bonds. The van der Waals surface area contributed by atoms with Gasteiger partial charge in [0.05, 0.1) is 53.0 Å². The SMILES string of the molecule is C=C1CCC2[C@](C)(COC(=O)[C@H](OC[C@H]3C(=C)CCC4[C@](C)(COC(=O)[C@H](C)[C@H](C(=O)O)C(=O)OC)CCC[C@@]43C)[C@H](CC(=O)O)C(=O)OC)CCC[C@]2(C)[C@H]1CO. The molecule has 14 heteroatoms. The van der Waals surface area contributed by atoms with Gasteiger partial charge in [0.2, 0.25) is 0 Å². The highest BCUT2D eigenvalue weighted by Gasteiger charge is 2.57. The minimum atomic E-state index is -1.71. The Morgan fingerprint density at radius 3 is 1.67 bits per heavy atom. The molecule has 2 unspecified atom stereocenters. The van der Waals surface area contributed by atoms with Crippen molar-refractivity contribution >= 4 is 35.8 Å². The van der Waals surface area contributed by atoms with Gasteiger partial charge in [-0.1, -0.05) is 71.8 Å². The molecule has 14 nitrogen and oxygen atoms in total. The van der Waals surface area contributed by atoms with Crippen LogP contribution in [-0.2, 0) is 52.5 Å². The van der Waals surface area contributed by atoms with Gasteiger partial charge in [-0.25, -0.2) is 4.79 Å². The zero-order chi connectivity index (χ0) is 43.4. The van der Waals surface area contributed by atoms with E-state index in [9.17, 15) is 44.1 Å². The van der Waals surface area contributed by atoms with E-state index in [1.165, 1.54) is 6.92 Å². The number of fused-ring (bicyclic) bond motifs is 2. The topological polar surface area (TPSA) is 209 Å². The number of carboxylic acids is 2. The first kappa shape index (κ1) is 46.9. The van der Waals surface area contributed by atoms with Gasteiger partial charge in [0, 0.05) is 22.7 Å². The van der Waals surface area contributed by atoms with Crippen LogP contribution in [0, 0.1) is 63.1 Å². The second kappa shape index (κ2) is 18.6. The van der Waals surface area contributed by atoms with E-state index in [0.717, 1.165) is 70.3 Å². The monoisotopic (exact) mass is 818 g/mol. The second-order valence-corrected chi connectivity index (χ2v) is 18.6. The standard InChI is InChI=1S/C44H66O14/c1-25-12-14-31-42(5,16-10-18-43(31,6)29(25)21-45)24-58-40(53)35(28(20-33(46)47)38(51)54-8)56-22-30-26(2)13-15-32-41(4,17-11-19-44(30,32)7)23-57-37(50)27(3)34(36(48)49)39(52)55-9/h27-32,34-35,45H,1-2,10-24H2,3-9H3,(H,46,47)(H,48,49)/t27-,28+,29+,30+,31?,32?,34-,35-,41+,42+,43-,44-/m1/s1. The predicted molar refractivity (Wildman–Crippen MR) is 210 cm³/mol. The van der Waals surface area contributed by atoms with E-state index < -0.39 is 82.3 Å². The number of carbonyl (C=O) groups excluding carboxylic acids is 4. The summed E-state index contributed by atoms with van der Waals surface area (Å²) in [4.78, 5) is 76.6. The highest BCUT2D eigenvalue weighted by molar-refractivity contribution is 5.98. The van der Waals surface area contributed by atoms with Crippen LogP contribution in [0.2, 0.25) is 0 Å². The maximum atomic E-state index is 14.2. The molecule has 3 N–H and O–H groups in total. The summed E-state index contributed by atoms with van der Waals surface area (Å²) in [7, 11) is 2.18. The molecule has 0 spiro atoms. The highest BCUT2D eigenvalue weighted by atomic mass is 16.6. The summed E-state index contributed by atoms with van der Waals surface area (Å²) in [6, 6.07) is 0. The van der Waals surface area contributed by atoms with Crippen molar-refractivity contribution in [3.63, 3.8) is 0 Å². The van der Waals surface area contributed by atoms with Gasteiger partial charge in [-0.15, -0.1) is 0 Å². The molecule has 0 aromatic rings. The van der Waals surface area contributed by atoms with Crippen LogP contribution in [0.4, 0.5) is 0 Å². The number of aliphatic hydroxyl groups excluding tert-OH is 1. The highest BCUT2D eigenvalue weighted by Crippen LogP contribution is 2.62. The van der Waals surface area contributed by atoms with Gasteiger partial charge >= 0.3 is 35.8 Å². The van der Waals surface area contributed by atoms with Crippen molar-refractivity contribution in [3.8, 4) is 0 Å². The number of carbonyl (C=O) groups is 6. The van der Waals surface area contributed by atoms with Crippen molar-refractivity contribution < 1.29 is 67.8 Å². The normalized spacial score (nSPS) is 34.2. The molecular weight excluding hydrogens is 752 g/mol. The lowest BCUT2D eigenvalue weighted by Crippen LogP contribution is -2.54. The number of ether oxygens (including phenoxy) is 5. The van der Waals surface area contributed by atoms with Gasteiger partial charge in [-0.3, -0.25) is 24.0 Å². The zero-order valence-electron chi connectivity index (χ0n) is 35.5. The van der Waals surface area contributed by atoms with E-state index in [1.54, 1.807) is 0 Å². The summed E-state index contributed by atoms with van der Waals surface area (Å²) in [6.07, 6.45) is 5.35. The van der Waals surface area contributed by atoms with Crippen LogP contribution < -0.4 is 0 Å². The molecule has 0 radical (unpaired) electrons. The molecule has 4 aliphatic carbocycles. The Kier molecular flexibility index (Phi) is 15.1. The molecule has 4 rings (SSSR count). The largest absolute Gasteiger partial charge is 0.481 e. The Bertz CT molecular complexity index is 1610. The number of carboxylic acid groups (broad SMARTS) is 2. The lowest BCUT2D eigenvalue weighted by molar-refractivity contribution is -0.183. The second-order valence-electron chi connectivity index (χ2n) is 18.6. The van der Waals surface area contributed by atoms with E-state index in [0.29, 0.717) is 19.3 Å². The summed E-state index contributed by atoms with van der Waals surface area (Å²) >= 11 is 0. The molecule has 0 saturated heterocycles. The number of hydrogen-bond donors (Lipinski definition) is 3. The molecule has 12 atom stereocenters. The summed E-state index contributed by atoms with van der Waals surface area (Å²) < 4.78 is 27.8. The van der Waals surface area contributed by atoms with Crippen molar-refractivity contribution in [2.24, 2.45) is 63.1 Å². The zero-order valence-corrected chi connectivity index (χ0v) is 35.5. The van der Waals surface area contributed by atoms with Crippen LogP contribution in [0.5, 0.6) is 0 Å². The van der Waals surface area contributed by atoms with Crippen LogP contribution in [0.25, 0.3) is 0 Å².